The van der Waals surface area contributed by atoms with E-state index in [1.807, 2.05) is 19.6 Å². The fourth-order valence-corrected chi connectivity index (χ4v) is 3.05. The van der Waals surface area contributed by atoms with Crippen LogP contribution in [0.15, 0.2) is 42.9 Å². The van der Waals surface area contributed by atoms with Crippen LogP contribution in [0.2, 0.25) is 0 Å². The lowest BCUT2D eigenvalue weighted by atomic mass is 10.0. The lowest BCUT2D eigenvalue weighted by Gasteiger charge is -2.09. The Balaban J connectivity index is 0.000000368. The zero-order chi connectivity index (χ0) is 26.4. The maximum Gasteiger partial charge on any atom is 0.216 e. The summed E-state index contributed by atoms with van der Waals surface area (Å²) in [6, 6.07) is 5.98. The third kappa shape index (κ3) is 7.91. The fourth-order valence-electron chi connectivity index (χ4n) is 3.05. The molecule has 4 rings (SSSR count). The van der Waals surface area contributed by atoms with E-state index in [2.05, 4.69) is 25.5 Å². The number of carbonyl (C=O) groups is 2. The number of nitrogens with zero attached hydrogens (tertiary/aromatic N) is 3. The van der Waals surface area contributed by atoms with Crippen LogP contribution >= 0.6 is 0 Å². The second-order valence-corrected chi connectivity index (χ2v) is 6.77. The number of methoxy groups -OCH3 is 1. The molecule has 0 fully saturated rings. The van der Waals surface area contributed by atoms with Gasteiger partial charge in [-0.2, -0.15) is 5.10 Å². The van der Waals surface area contributed by atoms with Crippen molar-refractivity contribution in [1.82, 2.24) is 20.2 Å². The zero-order valence-electron chi connectivity index (χ0n) is 19.6. The Kier molecular flexibility index (Phi) is 12.1. The van der Waals surface area contributed by atoms with Gasteiger partial charge in [-0.25, -0.2) is 23.1 Å². The molecule has 4 aromatic rings. The van der Waals surface area contributed by atoms with Gasteiger partial charge in [0.25, 0.3) is 0 Å². The number of aromatic amines is 1. The van der Waals surface area contributed by atoms with Crippen molar-refractivity contribution in [1.29, 1.82) is 0 Å². The van der Waals surface area contributed by atoms with Gasteiger partial charge in [0.05, 0.1) is 25.2 Å². The first-order valence-electron chi connectivity index (χ1n) is 10.1. The van der Waals surface area contributed by atoms with Crippen molar-refractivity contribution in [2.24, 2.45) is 0 Å². The van der Waals surface area contributed by atoms with Gasteiger partial charge in [0.1, 0.15) is 25.2 Å². The predicted molar refractivity (Wildman–Crippen MR) is 127 cm³/mol. The van der Waals surface area contributed by atoms with Crippen molar-refractivity contribution >= 4 is 30.3 Å². The van der Waals surface area contributed by atoms with Gasteiger partial charge in [-0.1, -0.05) is 0 Å². The van der Waals surface area contributed by atoms with E-state index in [-0.39, 0.29) is 17.8 Å². The molecule has 3 heterocycles. The molecule has 11 heteroatoms. The summed E-state index contributed by atoms with van der Waals surface area (Å²) in [5.74, 6) is -0.918. The van der Waals surface area contributed by atoms with E-state index in [1.165, 1.54) is 25.3 Å². The molecule has 3 aromatic heterocycles. The summed E-state index contributed by atoms with van der Waals surface area (Å²) in [6.07, 6.45) is 5.28. The van der Waals surface area contributed by atoms with E-state index in [0.717, 1.165) is 17.1 Å². The molecule has 0 aliphatic rings. The van der Waals surface area contributed by atoms with E-state index in [0.29, 0.717) is 29.2 Å². The molecule has 0 saturated heterocycles. The Hall–Kier alpha value is -4.28. The highest BCUT2D eigenvalue weighted by molar-refractivity contribution is 5.74. The fraction of sp³-hybridized carbons (Fsp3) is 0.208. The molecule has 0 aliphatic heterocycles. The third-order valence-corrected chi connectivity index (χ3v) is 4.66. The lowest BCUT2D eigenvalue weighted by Crippen LogP contribution is -2.03. The van der Waals surface area contributed by atoms with Crippen LogP contribution in [-0.4, -0.2) is 47.9 Å². The van der Waals surface area contributed by atoms with Crippen molar-refractivity contribution < 1.29 is 27.5 Å². The van der Waals surface area contributed by atoms with Gasteiger partial charge in [-0.3, -0.25) is 5.10 Å². The highest BCUT2D eigenvalue weighted by Crippen LogP contribution is 2.22. The number of fused-ring (bicyclic) bond motifs is 1. The van der Waals surface area contributed by atoms with E-state index in [1.54, 1.807) is 26.4 Å². The molecule has 186 valence electrons. The number of hydrogen-bond donors (Lipinski definition) is 2. The molecule has 0 spiro atoms. The first-order chi connectivity index (χ1) is 16.9. The summed E-state index contributed by atoms with van der Waals surface area (Å²) in [5, 5.41) is 10.3. The molecule has 0 atom stereocenters. The Morgan fingerprint density at radius 3 is 2.34 bits per heavy atom. The Bertz CT molecular complexity index is 1220. The van der Waals surface area contributed by atoms with Crippen molar-refractivity contribution in [3.63, 3.8) is 0 Å². The number of halogens is 3. The van der Waals surface area contributed by atoms with Gasteiger partial charge in [0.2, 0.25) is 5.88 Å². The maximum absolute atomic E-state index is 14.1. The Morgan fingerprint density at radius 2 is 1.71 bits per heavy atom. The number of nitrogens with one attached hydrogen (secondary N) is 2. The van der Waals surface area contributed by atoms with Crippen molar-refractivity contribution in [3.8, 4) is 5.88 Å². The number of aromatic nitrogens is 4. The molecule has 35 heavy (non-hydrogen) atoms. The van der Waals surface area contributed by atoms with Crippen LogP contribution in [0, 0.1) is 24.4 Å². The standard InChI is InChI=1S/C15H14F2N4.C7H8FNO.2CH2O/c1-18-13-5-4-12(16)11(14(13)17)3-2-9-6-10-8-20-21-15(10)19-7-9;1-5-3-6(8)4-9-7(5)10-2;2*1-2/h4-8,18H,2-3H2,1H3,(H,19,20,21);3-4H,1-2H3;2*1H2. The molecule has 8 nitrogen and oxygen atoms in total. The molecule has 1 aromatic carbocycles. The molecule has 2 N–H and O–H groups in total. The highest BCUT2D eigenvalue weighted by atomic mass is 19.1. The maximum atomic E-state index is 14.1. The van der Waals surface area contributed by atoms with Gasteiger partial charge in [0.15, 0.2) is 11.5 Å². The normalized spacial score (nSPS) is 9.54. The summed E-state index contributed by atoms with van der Waals surface area (Å²) in [5.41, 5.74) is 2.72. The number of rotatable bonds is 5. The quantitative estimate of drug-likeness (QED) is 0.432. The van der Waals surface area contributed by atoms with Crippen LogP contribution in [0.4, 0.5) is 18.9 Å². The van der Waals surface area contributed by atoms with Crippen LogP contribution in [0.1, 0.15) is 16.7 Å². The minimum Gasteiger partial charge on any atom is -0.481 e. The van der Waals surface area contributed by atoms with Gasteiger partial charge < -0.3 is 19.6 Å². The summed E-state index contributed by atoms with van der Waals surface area (Å²) >= 11 is 0. The number of benzene rings is 1. The minimum atomic E-state index is -0.533. The van der Waals surface area contributed by atoms with Crippen LogP contribution < -0.4 is 10.1 Å². The largest absolute Gasteiger partial charge is 0.481 e. The third-order valence-electron chi connectivity index (χ3n) is 4.66. The second kappa shape index (κ2) is 14.8. The minimum absolute atomic E-state index is 0.0918. The Morgan fingerprint density at radius 1 is 1.00 bits per heavy atom. The summed E-state index contributed by atoms with van der Waals surface area (Å²) < 4.78 is 45.1. The number of H-pyrrole nitrogens is 1. The lowest BCUT2D eigenvalue weighted by molar-refractivity contribution is -0.0987. The Labute approximate surface area is 200 Å². The van der Waals surface area contributed by atoms with Crippen LogP contribution in [0.25, 0.3) is 11.0 Å². The molecule has 0 unspecified atom stereocenters. The molecule has 0 aliphatic carbocycles. The number of hydrogen-bond acceptors (Lipinski definition) is 7. The smallest absolute Gasteiger partial charge is 0.216 e. The first-order valence-corrected chi connectivity index (χ1v) is 10.1. The van der Waals surface area contributed by atoms with Gasteiger partial charge in [-0.05, 0) is 49.6 Å². The average molecular weight is 489 g/mol. The summed E-state index contributed by atoms with van der Waals surface area (Å²) in [4.78, 5) is 23.9. The molecular formula is C24H26F3N5O3. The van der Waals surface area contributed by atoms with E-state index >= 15 is 0 Å². The molecular weight excluding hydrogens is 463 g/mol. The van der Waals surface area contributed by atoms with E-state index in [4.69, 9.17) is 14.3 Å². The van der Waals surface area contributed by atoms with Crippen LogP contribution in [0.5, 0.6) is 5.88 Å². The van der Waals surface area contributed by atoms with Crippen LogP contribution in [0.3, 0.4) is 0 Å². The predicted octanol–water partition coefficient (Wildman–Crippen LogP) is 4.23. The van der Waals surface area contributed by atoms with Gasteiger partial charge >= 0.3 is 0 Å². The van der Waals surface area contributed by atoms with Crippen molar-refractivity contribution in [2.75, 3.05) is 19.5 Å². The summed E-state index contributed by atoms with van der Waals surface area (Å²) in [7, 11) is 3.12. The molecule has 0 bridgehead atoms. The van der Waals surface area contributed by atoms with E-state index < -0.39 is 11.6 Å². The summed E-state index contributed by atoms with van der Waals surface area (Å²) in [6.45, 7) is 5.74. The number of anilines is 1. The number of pyridine rings is 2. The zero-order valence-corrected chi connectivity index (χ0v) is 19.6. The monoisotopic (exact) mass is 489 g/mol. The van der Waals surface area contributed by atoms with Gasteiger partial charge in [0, 0.05) is 29.8 Å². The second-order valence-electron chi connectivity index (χ2n) is 6.77. The molecule has 0 amide bonds. The highest BCUT2D eigenvalue weighted by Gasteiger charge is 2.13. The van der Waals surface area contributed by atoms with Crippen molar-refractivity contribution in [3.05, 3.63) is 77.0 Å². The van der Waals surface area contributed by atoms with Crippen molar-refractivity contribution in [2.45, 2.75) is 19.8 Å². The number of ether oxygens (including phenoxy) is 1. The van der Waals surface area contributed by atoms with E-state index in [9.17, 15) is 13.2 Å². The van der Waals surface area contributed by atoms with Crippen LogP contribution in [-0.2, 0) is 22.4 Å². The average Bonchev–Trinajstić information content (AvgIpc) is 3.35. The topological polar surface area (TPSA) is 110 Å². The molecule has 0 radical (unpaired) electrons. The molecule has 0 saturated carbocycles. The van der Waals surface area contributed by atoms with Gasteiger partial charge in [-0.15, -0.1) is 0 Å². The SMILES string of the molecule is C=O.C=O.CNc1ccc(F)c(CCc2cnc3[nH]ncc3c2)c1F.COc1ncc(F)cc1C. The number of carbonyl (C=O) groups excluding carboxylic acids is 2. The number of aryl methyl sites for hydroxylation is 2. The first kappa shape index (κ1) is 28.8.